The molecule has 1 atom stereocenters. The van der Waals surface area contributed by atoms with E-state index in [2.05, 4.69) is 10.6 Å². The number of halogens is 4. The third-order valence-corrected chi connectivity index (χ3v) is 3.77. The number of carbonyl (C=O) groups excluding carboxylic acids is 2. The van der Waals surface area contributed by atoms with E-state index in [4.69, 9.17) is 11.6 Å². The molecule has 0 bridgehead atoms. The molecule has 2 rings (SSSR count). The van der Waals surface area contributed by atoms with E-state index < -0.39 is 29.7 Å². The van der Waals surface area contributed by atoms with Crippen molar-refractivity contribution in [1.29, 1.82) is 0 Å². The van der Waals surface area contributed by atoms with Gasteiger partial charge < -0.3 is 15.7 Å². The van der Waals surface area contributed by atoms with E-state index in [1.165, 1.54) is 6.07 Å². The lowest BCUT2D eigenvalue weighted by molar-refractivity contribution is -0.137. The maximum Gasteiger partial charge on any atom is 0.416 e. The van der Waals surface area contributed by atoms with Gasteiger partial charge in [0.25, 0.3) is 5.91 Å². The van der Waals surface area contributed by atoms with Crippen LogP contribution >= 0.6 is 11.6 Å². The summed E-state index contributed by atoms with van der Waals surface area (Å²) in [6.07, 6.45) is -5.78. The van der Waals surface area contributed by atoms with E-state index in [-0.39, 0.29) is 17.8 Å². The Kier molecular flexibility index (Phi) is 6.45. The van der Waals surface area contributed by atoms with Crippen molar-refractivity contribution in [1.82, 2.24) is 5.32 Å². The lowest BCUT2D eigenvalue weighted by Gasteiger charge is -2.15. The van der Waals surface area contributed by atoms with Gasteiger partial charge in [-0.2, -0.15) is 13.2 Å². The molecule has 9 heteroatoms. The van der Waals surface area contributed by atoms with Crippen LogP contribution in [0.5, 0.6) is 0 Å². The molecule has 0 spiro atoms. The Morgan fingerprint density at radius 1 is 1.19 bits per heavy atom. The molecule has 0 aliphatic heterocycles. The van der Waals surface area contributed by atoms with E-state index in [1.807, 2.05) is 0 Å². The molecule has 144 valence electrons. The van der Waals surface area contributed by atoms with Gasteiger partial charge in [0.15, 0.2) is 0 Å². The van der Waals surface area contributed by atoms with Gasteiger partial charge in [-0.15, -0.1) is 0 Å². The van der Waals surface area contributed by atoms with Crippen molar-refractivity contribution in [2.75, 3.05) is 11.9 Å². The van der Waals surface area contributed by atoms with Gasteiger partial charge >= 0.3 is 6.18 Å². The summed E-state index contributed by atoms with van der Waals surface area (Å²) in [5.74, 6) is -1.40. The van der Waals surface area contributed by atoms with Crippen LogP contribution in [0.1, 0.15) is 34.5 Å². The Morgan fingerprint density at radius 3 is 2.48 bits per heavy atom. The van der Waals surface area contributed by atoms with E-state index >= 15 is 0 Å². The molecular formula is C18H16ClF3N2O3. The second kappa shape index (κ2) is 8.41. The fourth-order valence-corrected chi connectivity index (χ4v) is 2.52. The Balaban J connectivity index is 2.18. The summed E-state index contributed by atoms with van der Waals surface area (Å²) >= 11 is 5.83. The fourth-order valence-electron chi connectivity index (χ4n) is 2.32. The second-order valence-corrected chi connectivity index (χ2v) is 6.20. The second-order valence-electron chi connectivity index (χ2n) is 5.76. The van der Waals surface area contributed by atoms with Crippen molar-refractivity contribution in [3.05, 3.63) is 64.2 Å². The van der Waals surface area contributed by atoms with Gasteiger partial charge in [-0.05, 0) is 35.9 Å². The SMILES string of the molecule is CC(=O)Nc1cc(C(=O)NCC(O)c2cccc(Cl)c2)cc(C(F)(F)F)c1. The largest absolute Gasteiger partial charge is 0.416 e. The van der Waals surface area contributed by atoms with Crippen molar-refractivity contribution in [2.24, 2.45) is 0 Å². The minimum absolute atomic E-state index is 0.155. The van der Waals surface area contributed by atoms with Crippen LogP contribution in [-0.4, -0.2) is 23.5 Å². The molecule has 27 heavy (non-hydrogen) atoms. The van der Waals surface area contributed by atoms with Crippen molar-refractivity contribution >= 4 is 29.1 Å². The smallest absolute Gasteiger partial charge is 0.387 e. The van der Waals surface area contributed by atoms with Gasteiger partial charge in [0.05, 0.1) is 11.7 Å². The standard InChI is InChI=1S/C18H16ClF3N2O3/c1-10(25)24-15-7-12(5-13(8-15)18(20,21)22)17(27)23-9-16(26)11-3-2-4-14(19)6-11/h2-8,16,26H,9H2,1H3,(H,23,27)(H,24,25). The van der Waals surface area contributed by atoms with Crippen LogP contribution in [0.25, 0.3) is 0 Å². The topological polar surface area (TPSA) is 78.4 Å². The summed E-state index contributed by atoms with van der Waals surface area (Å²) in [7, 11) is 0. The molecule has 0 heterocycles. The number of nitrogens with one attached hydrogen (secondary N) is 2. The summed E-state index contributed by atoms with van der Waals surface area (Å²) in [6.45, 7) is 0.909. The molecule has 1 unspecified atom stereocenters. The maximum atomic E-state index is 13.0. The predicted molar refractivity (Wildman–Crippen MR) is 94.5 cm³/mol. The zero-order valence-electron chi connectivity index (χ0n) is 14.1. The normalized spacial score (nSPS) is 12.4. The Labute approximate surface area is 158 Å². The number of anilines is 1. The molecule has 2 amide bonds. The minimum atomic E-state index is -4.69. The third-order valence-electron chi connectivity index (χ3n) is 3.53. The van der Waals surface area contributed by atoms with Gasteiger partial charge in [0, 0.05) is 29.7 Å². The molecule has 2 aromatic carbocycles. The Morgan fingerprint density at radius 2 is 1.89 bits per heavy atom. The molecule has 0 aliphatic rings. The van der Waals surface area contributed by atoms with Crippen LogP contribution in [0.3, 0.4) is 0 Å². The van der Waals surface area contributed by atoms with Crippen LogP contribution in [-0.2, 0) is 11.0 Å². The zero-order valence-corrected chi connectivity index (χ0v) is 14.9. The van der Waals surface area contributed by atoms with Crippen molar-refractivity contribution < 1.29 is 27.9 Å². The van der Waals surface area contributed by atoms with E-state index in [1.54, 1.807) is 18.2 Å². The van der Waals surface area contributed by atoms with Gasteiger partial charge in [0.2, 0.25) is 5.91 Å². The van der Waals surface area contributed by atoms with Gasteiger partial charge in [-0.1, -0.05) is 23.7 Å². The van der Waals surface area contributed by atoms with Crippen molar-refractivity contribution in [3.8, 4) is 0 Å². The summed E-state index contributed by atoms with van der Waals surface area (Å²) < 4.78 is 39.1. The molecular weight excluding hydrogens is 385 g/mol. The molecule has 0 aromatic heterocycles. The summed E-state index contributed by atoms with van der Waals surface area (Å²) in [5.41, 5.74) is -1.08. The Bertz CT molecular complexity index is 856. The number of amides is 2. The maximum absolute atomic E-state index is 13.0. The highest BCUT2D eigenvalue weighted by molar-refractivity contribution is 6.30. The predicted octanol–water partition coefficient (Wildman–Crippen LogP) is 3.78. The first-order valence-electron chi connectivity index (χ1n) is 7.78. The number of hydrogen-bond donors (Lipinski definition) is 3. The monoisotopic (exact) mass is 400 g/mol. The first-order valence-corrected chi connectivity index (χ1v) is 8.15. The van der Waals surface area contributed by atoms with Gasteiger partial charge in [0.1, 0.15) is 0 Å². The molecule has 0 radical (unpaired) electrons. The van der Waals surface area contributed by atoms with Crippen LogP contribution in [0.2, 0.25) is 5.02 Å². The average molecular weight is 401 g/mol. The first-order chi connectivity index (χ1) is 12.6. The lowest BCUT2D eigenvalue weighted by Crippen LogP contribution is -2.28. The van der Waals surface area contributed by atoms with E-state index in [0.29, 0.717) is 16.7 Å². The number of hydrogen-bond acceptors (Lipinski definition) is 3. The zero-order chi connectivity index (χ0) is 20.2. The number of alkyl halides is 3. The lowest BCUT2D eigenvalue weighted by atomic mass is 10.1. The fraction of sp³-hybridized carbons (Fsp3) is 0.222. The van der Waals surface area contributed by atoms with E-state index in [9.17, 15) is 27.9 Å². The molecule has 0 saturated heterocycles. The van der Waals surface area contributed by atoms with Crippen LogP contribution in [0.4, 0.5) is 18.9 Å². The third kappa shape index (κ3) is 5.97. The van der Waals surface area contributed by atoms with E-state index in [0.717, 1.165) is 19.1 Å². The number of aliphatic hydroxyl groups is 1. The molecule has 0 fully saturated rings. The van der Waals surface area contributed by atoms with Crippen LogP contribution in [0.15, 0.2) is 42.5 Å². The Hall–Kier alpha value is -2.58. The number of rotatable bonds is 5. The molecule has 0 aliphatic carbocycles. The van der Waals surface area contributed by atoms with Crippen molar-refractivity contribution in [2.45, 2.75) is 19.2 Å². The molecule has 5 nitrogen and oxygen atoms in total. The first kappa shape index (κ1) is 20.7. The summed E-state index contributed by atoms with van der Waals surface area (Å²) in [4.78, 5) is 23.4. The quantitative estimate of drug-likeness (QED) is 0.714. The molecule has 3 N–H and O–H groups in total. The van der Waals surface area contributed by atoms with Crippen LogP contribution < -0.4 is 10.6 Å². The minimum Gasteiger partial charge on any atom is -0.387 e. The highest BCUT2D eigenvalue weighted by Crippen LogP contribution is 2.32. The van der Waals surface area contributed by atoms with Crippen LogP contribution in [0, 0.1) is 0 Å². The summed E-state index contributed by atoms with van der Waals surface area (Å²) in [6, 6.07) is 8.88. The highest BCUT2D eigenvalue weighted by Gasteiger charge is 2.32. The van der Waals surface area contributed by atoms with Gasteiger partial charge in [-0.25, -0.2) is 0 Å². The highest BCUT2D eigenvalue weighted by atomic mass is 35.5. The van der Waals surface area contributed by atoms with Crippen molar-refractivity contribution in [3.63, 3.8) is 0 Å². The molecule has 0 saturated carbocycles. The average Bonchev–Trinajstić information content (AvgIpc) is 2.57. The number of aliphatic hydroxyl groups excluding tert-OH is 1. The number of carbonyl (C=O) groups is 2. The molecule has 2 aromatic rings. The number of benzene rings is 2. The summed E-state index contributed by atoms with van der Waals surface area (Å²) in [5, 5.41) is 15.1. The van der Waals surface area contributed by atoms with Gasteiger partial charge in [-0.3, -0.25) is 9.59 Å².